The van der Waals surface area contributed by atoms with Gasteiger partial charge in [-0.25, -0.2) is 0 Å². The summed E-state index contributed by atoms with van der Waals surface area (Å²) in [6.45, 7) is 2.98. The van der Waals surface area contributed by atoms with Gasteiger partial charge in [0.25, 0.3) is 0 Å². The van der Waals surface area contributed by atoms with Crippen molar-refractivity contribution in [1.82, 2.24) is 5.32 Å². The molecule has 0 atom stereocenters. The molecular weight excluding hydrogens is 254 g/mol. The van der Waals surface area contributed by atoms with Crippen LogP contribution in [0.25, 0.3) is 6.08 Å². The lowest BCUT2D eigenvalue weighted by Crippen LogP contribution is -2.08. The molecule has 0 saturated carbocycles. The first-order chi connectivity index (χ1) is 7.17. The Bertz CT molecular complexity index is 361. The molecule has 0 spiro atoms. The molecule has 0 aliphatic rings. The summed E-state index contributed by atoms with van der Waals surface area (Å²) in [7, 11) is 3.63. The number of likely N-dealkylation sites (N-methyl/N-ethyl adjacent to an activating group) is 1. The van der Waals surface area contributed by atoms with Crippen molar-refractivity contribution in [3.8, 4) is 5.75 Å². The first-order valence-electron chi connectivity index (χ1n) is 4.82. The van der Waals surface area contributed by atoms with Crippen LogP contribution in [0, 0.1) is 0 Å². The first kappa shape index (κ1) is 12.3. The van der Waals surface area contributed by atoms with Gasteiger partial charge in [0.1, 0.15) is 5.75 Å². The summed E-state index contributed by atoms with van der Waals surface area (Å²) >= 11 is 3.45. The van der Waals surface area contributed by atoms with E-state index in [4.69, 9.17) is 4.74 Å². The van der Waals surface area contributed by atoms with Gasteiger partial charge in [-0.15, -0.1) is 0 Å². The van der Waals surface area contributed by atoms with E-state index in [0.717, 1.165) is 22.3 Å². The molecule has 1 rings (SSSR count). The van der Waals surface area contributed by atoms with E-state index in [0.29, 0.717) is 0 Å². The van der Waals surface area contributed by atoms with E-state index >= 15 is 0 Å². The second kappa shape index (κ2) is 5.93. The lowest BCUT2D eigenvalue weighted by molar-refractivity contribution is 0.413. The van der Waals surface area contributed by atoms with Gasteiger partial charge < -0.3 is 10.1 Å². The van der Waals surface area contributed by atoms with Gasteiger partial charge in [-0.1, -0.05) is 27.6 Å². The summed E-state index contributed by atoms with van der Waals surface area (Å²) in [5.41, 5.74) is 2.37. The molecule has 1 N–H and O–H groups in total. The average Bonchev–Trinajstić information content (AvgIpc) is 2.18. The summed E-state index contributed by atoms with van der Waals surface area (Å²) in [5, 5.41) is 3.12. The van der Waals surface area contributed by atoms with E-state index < -0.39 is 0 Å². The van der Waals surface area contributed by atoms with Crippen LogP contribution in [0.4, 0.5) is 0 Å². The molecule has 82 valence electrons. The zero-order chi connectivity index (χ0) is 11.3. The summed E-state index contributed by atoms with van der Waals surface area (Å²) < 4.78 is 6.36. The highest BCUT2D eigenvalue weighted by molar-refractivity contribution is 9.10. The van der Waals surface area contributed by atoms with E-state index in [2.05, 4.69) is 40.3 Å². The molecule has 0 amide bonds. The van der Waals surface area contributed by atoms with E-state index in [1.165, 1.54) is 5.57 Å². The molecule has 0 aliphatic heterocycles. The number of halogens is 1. The lowest BCUT2D eigenvalue weighted by Gasteiger charge is -2.06. The molecule has 15 heavy (non-hydrogen) atoms. The molecule has 0 saturated heterocycles. The smallest absolute Gasteiger partial charge is 0.126 e. The highest BCUT2D eigenvalue weighted by Crippen LogP contribution is 2.24. The molecule has 0 radical (unpaired) electrons. The number of hydrogen-bond donors (Lipinski definition) is 1. The van der Waals surface area contributed by atoms with Crippen LogP contribution in [0.15, 0.2) is 28.2 Å². The van der Waals surface area contributed by atoms with Gasteiger partial charge in [-0.3, -0.25) is 0 Å². The topological polar surface area (TPSA) is 21.3 Å². The molecular formula is C12H16BrNO. The number of rotatable bonds is 4. The van der Waals surface area contributed by atoms with Crippen molar-refractivity contribution in [1.29, 1.82) is 0 Å². The fraction of sp³-hybridized carbons (Fsp3) is 0.333. The maximum absolute atomic E-state index is 5.29. The van der Waals surface area contributed by atoms with Crippen molar-refractivity contribution in [2.24, 2.45) is 0 Å². The number of nitrogens with one attached hydrogen (secondary N) is 1. The molecule has 0 heterocycles. The van der Waals surface area contributed by atoms with E-state index in [1.54, 1.807) is 7.11 Å². The van der Waals surface area contributed by atoms with Crippen LogP contribution in [0.2, 0.25) is 0 Å². The molecule has 0 bridgehead atoms. The largest absolute Gasteiger partial charge is 0.496 e. The fourth-order valence-electron chi connectivity index (χ4n) is 1.41. The van der Waals surface area contributed by atoms with Crippen molar-refractivity contribution in [3.05, 3.63) is 33.8 Å². The van der Waals surface area contributed by atoms with Gasteiger partial charge in [-0.05, 0) is 32.2 Å². The summed E-state index contributed by atoms with van der Waals surface area (Å²) in [6.07, 6.45) is 2.13. The van der Waals surface area contributed by atoms with Gasteiger partial charge in [0.2, 0.25) is 0 Å². The molecule has 0 fully saturated rings. The Kier molecular flexibility index (Phi) is 4.85. The normalized spacial score (nSPS) is 11.6. The van der Waals surface area contributed by atoms with Crippen molar-refractivity contribution in [3.63, 3.8) is 0 Å². The van der Waals surface area contributed by atoms with Crippen LogP contribution in [-0.4, -0.2) is 20.7 Å². The zero-order valence-electron chi connectivity index (χ0n) is 9.30. The Morgan fingerprint density at radius 3 is 2.87 bits per heavy atom. The Hall–Kier alpha value is -0.800. The molecule has 1 aromatic carbocycles. The maximum atomic E-state index is 5.29. The van der Waals surface area contributed by atoms with Gasteiger partial charge in [-0.2, -0.15) is 0 Å². The molecule has 1 aromatic rings. The first-order valence-corrected chi connectivity index (χ1v) is 5.62. The van der Waals surface area contributed by atoms with E-state index in [-0.39, 0.29) is 0 Å². The highest BCUT2D eigenvalue weighted by Gasteiger charge is 2.01. The Morgan fingerprint density at radius 1 is 1.53 bits per heavy atom. The Balaban J connectivity index is 3.01. The van der Waals surface area contributed by atoms with Crippen LogP contribution < -0.4 is 10.1 Å². The molecule has 2 nitrogen and oxygen atoms in total. The van der Waals surface area contributed by atoms with Gasteiger partial charge in [0.15, 0.2) is 0 Å². The minimum atomic E-state index is 0.885. The Morgan fingerprint density at radius 2 is 2.27 bits per heavy atom. The quantitative estimate of drug-likeness (QED) is 0.907. The monoisotopic (exact) mass is 269 g/mol. The van der Waals surface area contributed by atoms with E-state index in [9.17, 15) is 0 Å². The van der Waals surface area contributed by atoms with Gasteiger partial charge >= 0.3 is 0 Å². The number of ether oxygens (including phenoxy) is 1. The summed E-state index contributed by atoms with van der Waals surface area (Å²) in [6, 6.07) is 5.99. The van der Waals surface area contributed by atoms with Crippen LogP contribution >= 0.6 is 15.9 Å². The third-order valence-electron chi connectivity index (χ3n) is 2.05. The molecule has 0 aliphatic carbocycles. The van der Waals surface area contributed by atoms with Crippen molar-refractivity contribution < 1.29 is 4.74 Å². The predicted octanol–water partition coefficient (Wildman–Crippen LogP) is 3.08. The van der Waals surface area contributed by atoms with Crippen LogP contribution in [0.1, 0.15) is 12.5 Å². The van der Waals surface area contributed by atoms with Crippen LogP contribution in [0.3, 0.4) is 0 Å². The highest BCUT2D eigenvalue weighted by atomic mass is 79.9. The predicted molar refractivity (Wildman–Crippen MR) is 68.3 cm³/mol. The number of hydrogen-bond acceptors (Lipinski definition) is 2. The third-order valence-corrected chi connectivity index (χ3v) is 2.54. The Labute approximate surface area is 99.5 Å². The summed E-state index contributed by atoms with van der Waals surface area (Å²) in [5.74, 6) is 0.897. The SMILES string of the molecule is CNCC(C)=Cc1cc(Br)ccc1OC. The van der Waals surface area contributed by atoms with Crippen molar-refractivity contribution >= 4 is 22.0 Å². The van der Waals surface area contributed by atoms with E-state index in [1.807, 2.05) is 19.2 Å². The zero-order valence-corrected chi connectivity index (χ0v) is 10.9. The molecule has 3 heteroatoms. The van der Waals surface area contributed by atoms with Gasteiger partial charge in [0.05, 0.1) is 7.11 Å². The second-order valence-corrected chi connectivity index (χ2v) is 4.32. The maximum Gasteiger partial charge on any atom is 0.126 e. The number of benzene rings is 1. The van der Waals surface area contributed by atoms with Crippen molar-refractivity contribution in [2.45, 2.75) is 6.92 Å². The lowest BCUT2D eigenvalue weighted by atomic mass is 10.1. The van der Waals surface area contributed by atoms with Crippen LogP contribution in [-0.2, 0) is 0 Å². The standard InChI is InChI=1S/C12H16BrNO/c1-9(8-14-2)6-10-7-11(13)4-5-12(10)15-3/h4-7,14H,8H2,1-3H3. The minimum absolute atomic E-state index is 0.885. The average molecular weight is 270 g/mol. The minimum Gasteiger partial charge on any atom is -0.496 e. The number of methoxy groups -OCH3 is 1. The molecule has 0 unspecified atom stereocenters. The van der Waals surface area contributed by atoms with Crippen molar-refractivity contribution in [2.75, 3.05) is 20.7 Å². The fourth-order valence-corrected chi connectivity index (χ4v) is 1.79. The second-order valence-electron chi connectivity index (χ2n) is 3.41. The van der Waals surface area contributed by atoms with Crippen LogP contribution in [0.5, 0.6) is 5.75 Å². The third kappa shape index (κ3) is 3.68. The molecule has 0 aromatic heterocycles. The summed E-state index contributed by atoms with van der Waals surface area (Å²) in [4.78, 5) is 0. The van der Waals surface area contributed by atoms with Gasteiger partial charge in [0, 0.05) is 16.6 Å².